The zero-order chi connectivity index (χ0) is 11.0. The summed E-state index contributed by atoms with van der Waals surface area (Å²) in [6.45, 7) is 1.09. The molecule has 0 spiro atoms. The first-order chi connectivity index (χ1) is 7.86. The largest absolute Gasteiger partial charge is 0.360 e. The van der Waals surface area contributed by atoms with Gasteiger partial charge in [-0.3, -0.25) is 5.10 Å². The molecule has 84 valence electrons. The second kappa shape index (κ2) is 4.07. The smallest absolute Gasteiger partial charge is 0.123 e. The highest BCUT2D eigenvalue weighted by molar-refractivity contribution is 9.10. The van der Waals surface area contributed by atoms with Gasteiger partial charge in [-0.15, -0.1) is 0 Å². The van der Waals surface area contributed by atoms with Crippen LogP contribution < -0.4 is 5.32 Å². The second-order valence-electron chi connectivity index (χ2n) is 4.03. The van der Waals surface area contributed by atoms with Crippen LogP contribution in [0.5, 0.6) is 0 Å². The molecule has 1 atom stereocenters. The monoisotopic (exact) mass is 280 g/mol. The van der Waals surface area contributed by atoms with Gasteiger partial charge in [0.2, 0.25) is 0 Å². The molecule has 2 aromatic heterocycles. The Hall–Kier alpha value is -1.07. The van der Waals surface area contributed by atoms with Crippen molar-refractivity contribution in [3.63, 3.8) is 0 Å². The van der Waals surface area contributed by atoms with E-state index in [-0.39, 0.29) is 0 Å². The fraction of sp³-hybridized carbons (Fsp3) is 0.364. The maximum Gasteiger partial charge on any atom is 0.123 e. The Balaban J connectivity index is 1.97. The van der Waals surface area contributed by atoms with E-state index in [4.69, 9.17) is 0 Å². The average molecular weight is 281 g/mol. The van der Waals surface area contributed by atoms with Crippen LogP contribution in [0.3, 0.4) is 0 Å². The van der Waals surface area contributed by atoms with Crippen LogP contribution in [0.2, 0.25) is 0 Å². The van der Waals surface area contributed by atoms with Crippen molar-refractivity contribution in [1.29, 1.82) is 0 Å². The topological polar surface area (TPSA) is 56.5 Å². The van der Waals surface area contributed by atoms with Crippen LogP contribution in [0.15, 0.2) is 22.8 Å². The van der Waals surface area contributed by atoms with Crippen molar-refractivity contribution in [3.8, 4) is 11.4 Å². The van der Waals surface area contributed by atoms with E-state index in [1.807, 2.05) is 18.3 Å². The van der Waals surface area contributed by atoms with Crippen molar-refractivity contribution in [2.75, 3.05) is 6.54 Å². The first-order valence-corrected chi connectivity index (χ1v) is 6.26. The molecule has 0 bridgehead atoms. The molecule has 3 rings (SSSR count). The van der Waals surface area contributed by atoms with Gasteiger partial charge in [-0.1, -0.05) is 0 Å². The Morgan fingerprint density at radius 3 is 3.06 bits per heavy atom. The molecule has 0 amide bonds. The number of H-pyrrole nitrogens is 2. The van der Waals surface area contributed by atoms with Gasteiger partial charge in [0.1, 0.15) is 5.69 Å². The highest BCUT2D eigenvalue weighted by Crippen LogP contribution is 2.33. The first-order valence-electron chi connectivity index (χ1n) is 5.47. The van der Waals surface area contributed by atoms with Crippen molar-refractivity contribution < 1.29 is 0 Å². The van der Waals surface area contributed by atoms with Crippen LogP contribution in [0, 0.1) is 0 Å². The number of rotatable bonds is 2. The molecule has 2 aromatic rings. The van der Waals surface area contributed by atoms with Crippen LogP contribution >= 0.6 is 15.9 Å². The molecule has 1 aliphatic heterocycles. The molecule has 1 fully saturated rings. The zero-order valence-corrected chi connectivity index (χ0v) is 10.3. The Morgan fingerprint density at radius 1 is 1.44 bits per heavy atom. The standard InChI is InChI=1S/C11H13BrN4/c12-9-10(7-3-1-5-13-7)15-16-11(9)8-4-2-6-14-8/h1,3,5,8,13-14H,2,4,6H2,(H,15,16). The molecule has 1 saturated heterocycles. The van der Waals surface area contributed by atoms with Crippen LogP contribution in [0.25, 0.3) is 11.4 Å². The SMILES string of the molecule is Brc1c(-c2ccc[nH]2)n[nH]c1C1CCCN1. The van der Waals surface area contributed by atoms with Gasteiger partial charge in [-0.25, -0.2) is 0 Å². The van der Waals surface area contributed by atoms with Gasteiger partial charge < -0.3 is 10.3 Å². The number of halogens is 1. The number of nitrogens with zero attached hydrogens (tertiary/aromatic N) is 1. The quantitative estimate of drug-likeness (QED) is 0.792. The van der Waals surface area contributed by atoms with Crippen LogP contribution in [0.1, 0.15) is 24.6 Å². The van der Waals surface area contributed by atoms with E-state index in [1.165, 1.54) is 12.8 Å². The van der Waals surface area contributed by atoms with E-state index < -0.39 is 0 Å². The minimum atomic E-state index is 0.408. The van der Waals surface area contributed by atoms with Crippen LogP contribution in [0.4, 0.5) is 0 Å². The van der Waals surface area contributed by atoms with Gasteiger partial charge in [0.05, 0.1) is 21.9 Å². The van der Waals surface area contributed by atoms with Crippen molar-refractivity contribution in [1.82, 2.24) is 20.5 Å². The summed E-state index contributed by atoms with van der Waals surface area (Å²) < 4.78 is 1.06. The van der Waals surface area contributed by atoms with Gasteiger partial charge >= 0.3 is 0 Å². The summed E-state index contributed by atoms with van der Waals surface area (Å²) >= 11 is 3.63. The predicted octanol–water partition coefficient (Wildman–Crippen LogP) is 2.59. The first kappa shape index (κ1) is 10.1. The van der Waals surface area contributed by atoms with Crippen molar-refractivity contribution in [2.24, 2.45) is 0 Å². The molecule has 1 unspecified atom stereocenters. The number of hydrogen-bond donors (Lipinski definition) is 3. The predicted molar refractivity (Wildman–Crippen MR) is 66.1 cm³/mol. The molecule has 0 aliphatic carbocycles. The van der Waals surface area contributed by atoms with E-state index in [0.717, 1.165) is 28.1 Å². The molecule has 1 aliphatic rings. The molecule has 3 heterocycles. The zero-order valence-electron chi connectivity index (χ0n) is 8.76. The highest BCUT2D eigenvalue weighted by Gasteiger charge is 2.23. The maximum atomic E-state index is 4.36. The maximum absolute atomic E-state index is 4.36. The van der Waals surface area contributed by atoms with Gasteiger partial charge in [-0.05, 0) is 47.4 Å². The Morgan fingerprint density at radius 2 is 2.38 bits per heavy atom. The van der Waals surface area contributed by atoms with E-state index in [9.17, 15) is 0 Å². The van der Waals surface area contributed by atoms with Gasteiger partial charge in [-0.2, -0.15) is 5.10 Å². The summed E-state index contributed by atoms with van der Waals surface area (Å²) in [6, 6.07) is 4.40. The lowest BCUT2D eigenvalue weighted by molar-refractivity contribution is 0.623. The molecule has 0 radical (unpaired) electrons. The third kappa shape index (κ3) is 1.60. The Labute approximate surface area is 102 Å². The van der Waals surface area contributed by atoms with E-state index in [1.54, 1.807) is 0 Å². The number of aromatic nitrogens is 3. The lowest BCUT2D eigenvalue weighted by Crippen LogP contribution is -2.13. The third-order valence-electron chi connectivity index (χ3n) is 2.99. The van der Waals surface area contributed by atoms with Crippen LogP contribution in [-0.2, 0) is 0 Å². The number of hydrogen-bond acceptors (Lipinski definition) is 2. The molecule has 0 saturated carbocycles. The summed E-state index contributed by atoms with van der Waals surface area (Å²) in [5, 5.41) is 10.9. The molecule has 16 heavy (non-hydrogen) atoms. The molecule has 3 N–H and O–H groups in total. The van der Waals surface area contributed by atoms with E-state index in [0.29, 0.717) is 6.04 Å². The molecular formula is C11H13BrN4. The van der Waals surface area contributed by atoms with Crippen molar-refractivity contribution in [3.05, 3.63) is 28.5 Å². The van der Waals surface area contributed by atoms with Gasteiger partial charge in [0.25, 0.3) is 0 Å². The van der Waals surface area contributed by atoms with Crippen molar-refractivity contribution >= 4 is 15.9 Å². The van der Waals surface area contributed by atoms with E-state index in [2.05, 4.69) is 36.4 Å². The Kier molecular flexibility index (Phi) is 2.57. The third-order valence-corrected chi connectivity index (χ3v) is 3.80. The minimum Gasteiger partial charge on any atom is -0.360 e. The summed E-state index contributed by atoms with van der Waals surface area (Å²) in [4.78, 5) is 3.17. The molecule has 5 heteroatoms. The molecular weight excluding hydrogens is 268 g/mol. The second-order valence-corrected chi connectivity index (χ2v) is 4.83. The summed E-state index contributed by atoms with van der Waals surface area (Å²) in [5.41, 5.74) is 3.14. The summed E-state index contributed by atoms with van der Waals surface area (Å²) in [7, 11) is 0. The normalized spacial score (nSPS) is 20.4. The van der Waals surface area contributed by atoms with Gasteiger partial charge in [0.15, 0.2) is 0 Å². The lowest BCUT2D eigenvalue weighted by atomic mass is 10.1. The average Bonchev–Trinajstić information content (AvgIpc) is 2.96. The number of aromatic amines is 2. The van der Waals surface area contributed by atoms with E-state index >= 15 is 0 Å². The highest BCUT2D eigenvalue weighted by atomic mass is 79.9. The minimum absolute atomic E-state index is 0.408. The van der Waals surface area contributed by atoms with Gasteiger partial charge in [0, 0.05) is 6.20 Å². The van der Waals surface area contributed by atoms with Crippen LogP contribution in [-0.4, -0.2) is 21.7 Å². The molecule has 4 nitrogen and oxygen atoms in total. The van der Waals surface area contributed by atoms with Crippen molar-refractivity contribution in [2.45, 2.75) is 18.9 Å². The number of nitrogens with one attached hydrogen (secondary N) is 3. The molecule has 0 aromatic carbocycles. The summed E-state index contributed by atoms with van der Waals surface area (Å²) in [6.07, 6.45) is 4.31. The lowest BCUT2D eigenvalue weighted by Gasteiger charge is -2.07. The fourth-order valence-corrected chi connectivity index (χ4v) is 2.83. The Bertz CT molecular complexity index is 468. The fourth-order valence-electron chi connectivity index (χ4n) is 2.16. The summed E-state index contributed by atoms with van der Waals surface area (Å²) in [5.74, 6) is 0.